The zero-order valence-electron chi connectivity index (χ0n) is 25.9. The third kappa shape index (κ3) is 28.2. The first-order chi connectivity index (χ1) is 20.7. The summed E-state index contributed by atoms with van der Waals surface area (Å²) >= 11 is 0. The molecule has 0 saturated carbocycles. The predicted octanol–water partition coefficient (Wildman–Crippen LogP) is 6.43. The normalized spacial score (nSPS) is 15.2. The van der Waals surface area contributed by atoms with Crippen LogP contribution in [0.2, 0.25) is 0 Å². The largest absolute Gasteiger partial charge is 0.472 e. The van der Waals surface area contributed by atoms with E-state index in [1.807, 2.05) is 18.2 Å². The van der Waals surface area contributed by atoms with Crippen molar-refractivity contribution in [2.45, 2.75) is 103 Å². The van der Waals surface area contributed by atoms with E-state index in [9.17, 15) is 24.2 Å². The molecule has 10 nitrogen and oxygen atoms in total. The number of ether oxygens (including phenoxy) is 2. The van der Waals surface area contributed by atoms with Crippen LogP contribution in [-0.4, -0.2) is 65.7 Å². The third-order valence-electron chi connectivity index (χ3n) is 5.72. The standard InChI is InChI=1S/C32H53O10P/c1-3-5-7-9-10-11-12-13-14-15-16-17-18-20-22-24-32(36)42-30(27-39-31(35)23-21-19-8-6-4-2)28-41-43(37,38)40-26-29(34)25-33/h5,7,10-11,13-14,16-17,20,22,29-30,33-34H,3-4,6,8-9,12,15,18-19,21,23-28H2,1-2H3,(H,37,38)/b7-5-,11-10-,14-13-,17-16-,22-20-. The number of hydrogen-bond acceptors (Lipinski definition) is 9. The van der Waals surface area contributed by atoms with Crippen LogP contribution in [0.5, 0.6) is 0 Å². The van der Waals surface area contributed by atoms with Crippen LogP contribution in [0.1, 0.15) is 90.9 Å². The molecular weight excluding hydrogens is 575 g/mol. The van der Waals surface area contributed by atoms with Crippen molar-refractivity contribution in [3.8, 4) is 0 Å². The minimum Gasteiger partial charge on any atom is -0.462 e. The fraction of sp³-hybridized carbons (Fsp3) is 0.625. The molecule has 3 unspecified atom stereocenters. The van der Waals surface area contributed by atoms with Crippen molar-refractivity contribution in [2.24, 2.45) is 0 Å². The first-order valence-electron chi connectivity index (χ1n) is 15.2. The molecule has 0 aromatic heterocycles. The molecule has 0 saturated heterocycles. The lowest BCUT2D eigenvalue weighted by Gasteiger charge is -2.20. The third-order valence-corrected chi connectivity index (χ3v) is 6.67. The molecule has 246 valence electrons. The second-order valence-corrected chi connectivity index (χ2v) is 11.2. The fourth-order valence-electron chi connectivity index (χ4n) is 3.36. The summed E-state index contributed by atoms with van der Waals surface area (Å²) in [6, 6.07) is 0. The molecular formula is C32H53O10P. The maximum atomic E-state index is 12.4. The van der Waals surface area contributed by atoms with Crippen LogP contribution in [0.25, 0.3) is 0 Å². The number of rotatable bonds is 27. The van der Waals surface area contributed by atoms with Gasteiger partial charge < -0.3 is 24.6 Å². The molecule has 0 bridgehead atoms. The van der Waals surface area contributed by atoms with Gasteiger partial charge in [0.2, 0.25) is 0 Å². The Balaban J connectivity index is 4.61. The van der Waals surface area contributed by atoms with E-state index in [1.54, 1.807) is 6.08 Å². The Morgan fingerprint density at radius 2 is 1.26 bits per heavy atom. The monoisotopic (exact) mass is 628 g/mol. The number of allylic oxidation sites excluding steroid dienone is 9. The highest BCUT2D eigenvalue weighted by atomic mass is 31.2. The molecule has 3 atom stereocenters. The smallest absolute Gasteiger partial charge is 0.462 e. The van der Waals surface area contributed by atoms with Gasteiger partial charge in [0, 0.05) is 6.42 Å². The molecule has 0 heterocycles. The second-order valence-electron chi connectivity index (χ2n) is 9.77. The number of hydrogen-bond donors (Lipinski definition) is 3. The molecule has 0 radical (unpaired) electrons. The fourth-order valence-corrected chi connectivity index (χ4v) is 4.15. The van der Waals surface area contributed by atoms with Crippen molar-refractivity contribution >= 4 is 19.8 Å². The Hall–Kier alpha value is -2.33. The minimum absolute atomic E-state index is 0.0502. The molecule has 0 aromatic rings. The topological polar surface area (TPSA) is 149 Å². The Bertz CT molecular complexity index is 910. The van der Waals surface area contributed by atoms with E-state index in [4.69, 9.17) is 19.1 Å². The van der Waals surface area contributed by atoms with Gasteiger partial charge in [-0.2, -0.15) is 0 Å². The van der Waals surface area contributed by atoms with Crippen molar-refractivity contribution in [1.29, 1.82) is 0 Å². The van der Waals surface area contributed by atoms with Gasteiger partial charge in [-0.1, -0.05) is 100 Å². The number of aliphatic hydroxyl groups is 2. The van der Waals surface area contributed by atoms with Gasteiger partial charge in [-0.05, 0) is 38.5 Å². The number of unbranched alkanes of at least 4 members (excludes halogenated alkanes) is 4. The summed E-state index contributed by atoms with van der Waals surface area (Å²) in [6.45, 7) is 1.98. The van der Waals surface area contributed by atoms with Crippen LogP contribution in [0.3, 0.4) is 0 Å². The lowest BCUT2D eigenvalue weighted by Crippen LogP contribution is -2.29. The minimum atomic E-state index is -4.62. The summed E-state index contributed by atoms with van der Waals surface area (Å²) in [5.41, 5.74) is 0. The molecule has 0 aliphatic heterocycles. The lowest BCUT2D eigenvalue weighted by molar-refractivity contribution is -0.160. The first-order valence-corrected chi connectivity index (χ1v) is 16.7. The van der Waals surface area contributed by atoms with Gasteiger partial charge in [0.25, 0.3) is 0 Å². The van der Waals surface area contributed by atoms with E-state index in [1.165, 1.54) is 0 Å². The number of phosphoric acid groups is 1. The van der Waals surface area contributed by atoms with Crippen molar-refractivity contribution in [3.63, 3.8) is 0 Å². The maximum Gasteiger partial charge on any atom is 0.472 e. The summed E-state index contributed by atoms with van der Waals surface area (Å²) in [5.74, 6) is -1.10. The van der Waals surface area contributed by atoms with E-state index in [2.05, 4.69) is 54.8 Å². The van der Waals surface area contributed by atoms with Gasteiger partial charge >= 0.3 is 19.8 Å². The maximum absolute atomic E-state index is 12.4. The first kappa shape index (κ1) is 40.7. The van der Waals surface area contributed by atoms with E-state index in [-0.39, 0.29) is 19.4 Å². The van der Waals surface area contributed by atoms with Crippen molar-refractivity contribution < 1.29 is 47.8 Å². The van der Waals surface area contributed by atoms with E-state index >= 15 is 0 Å². The van der Waals surface area contributed by atoms with Gasteiger partial charge in [-0.15, -0.1) is 0 Å². The molecule has 3 N–H and O–H groups in total. The van der Waals surface area contributed by atoms with Crippen LogP contribution in [0, 0.1) is 0 Å². The molecule has 11 heteroatoms. The van der Waals surface area contributed by atoms with Crippen LogP contribution < -0.4 is 0 Å². The molecule has 0 aliphatic rings. The number of carbonyl (C=O) groups is 2. The number of carbonyl (C=O) groups excluding carboxylic acids is 2. The van der Waals surface area contributed by atoms with Gasteiger partial charge in [0.1, 0.15) is 12.7 Å². The highest BCUT2D eigenvalue weighted by Crippen LogP contribution is 2.43. The van der Waals surface area contributed by atoms with Crippen molar-refractivity contribution in [2.75, 3.05) is 26.4 Å². The molecule has 0 spiro atoms. The SMILES string of the molecule is CC/C=C\C/C=C\C/C=C\C/C=C\C/C=C\CC(=O)OC(COC(=O)CCCCCCC)COP(=O)(O)OCC(O)CO. The number of phosphoric ester groups is 1. The summed E-state index contributed by atoms with van der Waals surface area (Å²) in [7, 11) is -4.62. The quantitative estimate of drug-likeness (QED) is 0.0402. The lowest BCUT2D eigenvalue weighted by atomic mass is 10.1. The Morgan fingerprint density at radius 3 is 1.81 bits per heavy atom. The number of esters is 2. The van der Waals surface area contributed by atoms with Crippen molar-refractivity contribution in [1.82, 2.24) is 0 Å². The van der Waals surface area contributed by atoms with Crippen LogP contribution in [0.15, 0.2) is 60.8 Å². The van der Waals surface area contributed by atoms with Crippen molar-refractivity contribution in [3.05, 3.63) is 60.8 Å². The molecule has 43 heavy (non-hydrogen) atoms. The zero-order valence-corrected chi connectivity index (χ0v) is 26.8. The zero-order chi connectivity index (χ0) is 32.0. The summed E-state index contributed by atoms with van der Waals surface area (Å²) in [5, 5.41) is 18.1. The Kier molecular flexibility index (Phi) is 26.9. The second kappa shape index (κ2) is 28.4. The van der Waals surface area contributed by atoms with E-state index in [0.29, 0.717) is 12.8 Å². The van der Waals surface area contributed by atoms with E-state index < -0.39 is 51.8 Å². The molecule has 0 fully saturated rings. The average molecular weight is 629 g/mol. The van der Waals surface area contributed by atoms with Crippen LogP contribution >= 0.6 is 7.82 Å². The molecule has 0 aromatic carbocycles. The number of aliphatic hydroxyl groups excluding tert-OH is 2. The Labute approximate surface area is 257 Å². The summed E-state index contributed by atoms with van der Waals surface area (Å²) < 4.78 is 32.1. The Morgan fingerprint density at radius 1 is 0.721 bits per heavy atom. The van der Waals surface area contributed by atoms with Crippen LogP contribution in [-0.2, 0) is 32.7 Å². The predicted molar refractivity (Wildman–Crippen MR) is 168 cm³/mol. The summed E-state index contributed by atoms with van der Waals surface area (Å²) in [4.78, 5) is 34.3. The average Bonchev–Trinajstić information content (AvgIpc) is 2.99. The highest BCUT2D eigenvalue weighted by Gasteiger charge is 2.27. The molecule has 0 amide bonds. The van der Waals surface area contributed by atoms with Gasteiger partial charge in [-0.3, -0.25) is 18.6 Å². The van der Waals surface area contributed by atoms with Gasteiger partial charge in [0.15, 0.2) is 6.10 Å². The van der Waals surface area contributed by atoms with Gasteiger partial charge in [-0.25, -0.2) is 4.57 Å². The molecule has 0 rings (SSSR count). The van der Waals surface area contributed by atoms with Gasteiger partial charge in [0.05, 0.1) is 26.2 Å². The van der Waals surface area contributed by atoms with Crippen LogP contribution in [0.4, 0.5) is 0 Å². The molecule has 0 aliphatic carbocycles. The summed E-state index contributed by atoms with van der Waals surface area (Å²) in [6.07, 6.45) is 27.1. The van der Waals surface area contributed by atoms with E-state index in [0.717, 1.165) is 51.4 Å². The highest BCUT2D eigenvalue weighted by molar-refractivity contribution is 7.47.